The van der Waals surface area contributed by atoms with Crippen LogP contribution in [0.15, 0.2) is 213 Å². The highest BCUT2D eigenvalue weighted by atomic mass is 14.7. The number of hydrogen-bond acceptors (Lipinski definition) is 3. The maximum Gasteiger partial charge on any atom is 0.0715 e. The second-order valence-corrected chi connectivity index (χ2v) is 14.1. The van der Waals surface area contributed by atoms with Gasteiger partial charge in [-0.3, -0.25) is 9.97 Å². The first-order valence-electron chi connectivity index (χ1n) is 18.9. The highest BCUT2D eigenvalue weighted by molar-refractivity contribution is 6.13. The number of hydrogen-bond donors (Lipinski definition) is 0. The van der Waals surface area contributed by atoms with Crippen LogP contribution in [0.2, 0.25) is 0 Å². The Kier molecular flexibility index (Phi) is 8.51. The largest absolute Gasteiger partial charge is 0.256 e. The van der Waals surface area contributed by atoms with E-state index in [1.807, 2.05) is 30.6 Å². The molecule has 3 heteroatoms. The van der Waals surface area contributed by atoms with E-state index in [1.165, 1.54) is 27.1 Å². The summed E-state index contributed by atoms with van der Waals surface area (Å²) in [5.74, 6) is 0. The fraction of sp³-hybridized carbons (Fsp3) is 0. The van der Waals surface area contributed by atoms with Crippen molar-refractivity contribution >= 4 is 21.5 Å². The maximum absolute atomic E-state index is 5.15. The van der Waals surface area contributed by atoms with E-state index < -0.39 is 0 Å². The molecule has 10 aromatic rings. The van der Waals surface area contributed by atoms with E-state index in [0.717, 1.165) is 72.8 Å². The Bertz CT molecular complexity index is 2920. The lowest BCUT2D eigenvalue weighted by Crippen LogP contribution is -1.93. The van der Waals surface area contributed by atoms with Gasteiger partial charge in [-0.1, -0.05) is 152 Å². The molecular formula is C53H35N3. The molecule has 0 spiro atoms. The van der Waals surface area contributed by atoms with Gasteiger partial charge < -0.3 is 0 Å². The minimum Gasteiger partial charge on any atom is -0.256 e. The third-order valence-corrected chi connectivity index (χ3v) is 10.5. The average molecular weight is 714 g/mol. The Morgan fingerprint density at radius 2 is 0.714 bits per heavy atom. The van der Waals surface area contributed by atoms with E-state index in [9.17, 15) is 0 Å². The van der Waals surface area contributed by atoms with E-state index in [1.54, 1.807) is 0 Å². The average Bonchev–Trinajstić information content (AvgIpc) is 3.29. The van der Waals surface area contributed by atoms with E-state index in [4.69, 9.17) is 15.0 Å². The van der Waals surface area contributed by atoms with Crippen molar-refractivity contribution in [3.63, 3.8) is 0 Å². The van der Waals surface area contributed by atoms with Gasteiger partial charge in [0, 0.05) is 45.8 Å². The smallest absolute Gasteiger partial charge is 0.0715 e. The van der Waals surface area contributed by atoms with Gasteiger partial charge in [0.2, 0.25) is 0 Å². The topological polar surface area (TPSA) is 38.7 Å². The Morgan fingerprint density at radius 1 is 0.250 bits per heavy atom. The molecule has 0 N–H and O–H groups in total. The van der Waals surface area contributed by atoms with Crippen LogP contribution in [0, 0.1) is 0 Å². The van der Waals surface area contributed by atoms with E-state index in [-0.39, 0.29) is 0 Å². The van der Waals surface area contributed by atoms with Crippen LogP contribution in [0.25, 0.3) is 100.0 Å². The van der Waals surface area contributed by atoms with Crippen LogP contribution < -0.4 is 0 Å². The lowest BCUT2D eigenvalue weighted by Gasteiger charge is -2.14. The van der Waals surface area contributed by atoms with Crippen molar-refractivity contribution in [3.8, 4) is 78.4 Å². The molecule has 0 amide bonds. The van der Waals surface area contributed by atoms with Gasteiger partial charge in [-0.25, -0.2) is 4.98 Å². The van der Waals surface area contributed by atoms with Crippen molar-refractivity contribution in [1.82, 2.24) is 15.0 Å². The van der Waals surface area contributed by atoms with Crippen LogP contribution in [-0.4, -0.2) is 15.0 Å². The molecule has 3 aromatic heterocycles. The highest BCUT2D eigenvalue weighted by Crippen LogP contribution is 2.38. The van der Waals surface area contributed by atoms with Crippen LogP contribution in [0.4, 0.5) is 0 Å². The molecule has 0 aliphatic rings. The summed E-state index contributed by atoms with van der Waals surface area (Å²) in [4.78, 5) is 15.3. The van der Waals surface area contributed by atoms with E-state index in [2.05, 4.69) is 182 Å². The van der Waals surface area contributed by atoms with Crippen molar-refractivity contribution in [2.45, 2.75) is 0 Å². The monoisotopic (exact) mass is 713 g/mol. The molecule has 0 bridgehead atoms. The quantitative estimate of drug-likeness (QED) is 0.154. The van der Waals surface area contributed by atoms with Crippen molar-refractivity contribution in [2.24, 2.45) is 0 Å². The van der Waals surface area contributed by atoms with E-state index >= 15 is 0 Å². The number of nitrogens with zero attached hydrogens (tertiary/aromatic N) is 3. The third-order valence-electron chi connectivity index (χ3n) is 10.5. The zero-order valence-corrected chi connectivity index (χ0v) is 30.5. The van der Waals surface area contributed by atoms with Gasteiger partial charge in [0.1, 0.15) is 0 Å². The van der Waals surface area contributed by atoms with Gasteiger partial charge >= 0.3 is 0 Å². The second-order valence-electron chi connectivity index (χ2n) is 14.1. The summed E-state index contributed by atoms with van der Waals surface area (Å²) < 4.78 is 0. The summed E-state index contributed by atoms with van der Waals surface area (Å²) in [5, 5.41) is 4.94. The SMILES string of the molecule is c1ccc(-c2ccc(-c3cc(-c4cc(-c5ccccc5)nc(-c5ccccc5)c4)cc(-c4ccc(-c5cc6ccccc6c6ccccc56)cn4)c3)nc2)cc1. The van der Waals surface area contributed by atoms with Crippen molar-refractivity contribution < 1.29 is 0 Å². The van der Waals surface area contributed by atoms with Crippen molar-refractivity contribution in [1.29, 1.82) is 0 Å². The number of pyridine rings is 3. The van der Waals surface area contributed by atoms with E-state index in [0.29, 0.717) is 0 Å². The molecule has 0 aliphatic carbocycles. The lowest BCUT2D eigenvalue weighted by molar-refractivity contribution is 1.30. The summed E-state index contributed by atoms with van der Waals surface area (Å²) in [6.45, 7) is 0. The van der Waals surface area contributed by atoms with Gasteiger partial charge in [0.15, 0.2) is 0 Å². The van der Waals surface area contributed by atoms with Gasteiger partial charge in [-0.05, 0) is 92.3 Å². The van der Waals surface area contributed by atoms with Gasteiger partial charge in [-0.2, -0.15) is 0 Å². The third kappa shape index (κ3) is 6.42. The predicted molar refractivity (Wildman–Crippen MR) is 233 cm³/mol. The molecule has 7 aromatic carbocycles. The molecule has 0 aliphatic heterocycles. The number of benzene rings is 7. The van der Waals surface area contributed by atoms with Gasteiger partial charge in [-0.15, -0.1) is 0 Å². The fourth-order valence-corrected chi connectivity index (χ4v) is 7.68. The standard InChI is InChI=1S/C53H35N3/c1-4-14-36(15-5-1)40-24-26-50(54-34-40)44-28-42(43-32-52(37-16-6-2-7-17-37)56-53(33-43)38-18-8-3-9-19-38)29-45(30-44)51-27-25-41(35-55-51)49-31-39-20-10-11-21-46(39)47-22-12-13-23-48(47)49/h1-35H. The van der Waals surface area contributed by atoms with Crippen LogP contribution in [0.5, 0.6) is 0 Å². The van der Waals surface area contributed by atoms with Crippen molar-refractivity contribution in [3.05, 3.63) is 213 Å². The minimum atomic E-state index is 0.892. The van der Waals surface area contributed by atoms with Gasteiger partial charge in [0.25, 0.3) is 0 Å². The molecule has 0 saturated heterocycles. The first-order valence-corrected chi connectivity index (χ1v) is 18.9. The Labute approximate surface area is 326 Å². The molecule has 0 atom stereocenters. The Balaban J connectivity index is 1.12. The fourth-order valence-electron chi connectivity index (χ4n) is 7.68. The zero-order valence-electron chi connectivity index (χ0n) is 30.5. The van der Waals surface area contributed by atoms with Crippen LogP contribution >= 0.6 is 0 Å². The van der Waals surface area contributed by atoms with Crippen molar-refractivity contribution in [2.75, 3.05) is 0 Å². The number of fused-ring (bicyclic) bond motifs is 3. The lowest BCUT2D eigenvalue weighted by atomic mass is 9.93. The first kappa shape index (κ1) is 33.1. The Morgan fingerprint density at radius 3 is 1.29 bits per heavy atom. The summed E-state index contributed by atoms with van der Waals surface area (Å²) in [5.41, 5.74) is 14.4. The molecule has 56 heavy (non-hydrogen) atoms. The maximum atomic E-state index is 5.15. The first-order chi connectivity index (χ1) is 27.7. The van der Waals surface area contributed by atoms with Crippen LogP contribution in [0.3, 0.4) is 0 Å². The van der Waals surface area contributed by atoms with Gasteiger partial charge in [0.05, 0.1) is 22.8 Å². The molecule has 0 fully saturated rings. The predicted octanol–water partition coefficient (Wildman–Crippen LogP) is 13.8. The molecule has 262 valence electrons. The number of aromatic nitrogens is 3. The second kappa shape index (κ2) is 14.4. The highest BCUT2D eigenvalue weighted by Gasteiger charge is 2.15. The summed E-state index contributed by atoms with van der Waals surface area (Å²) >= 11 is 0. The Hall–Kier alpha value is -7.49. The summed E-state index contributed by atoms with van der Waals surface area (Å²) in [6, 6.07) is 70.4. The molecule has 0 saturated carbocycles. The molecule has 3 nitrogen and oxygen atoms in total. The molecular weight excluding hydrogens is 679 g/mol. The number of rotatable bonds is 7. The summed E-state index contributed by atoms with van der Waals surface area (Å²) in [6.07, 6.45) is 3.98. The molecule has 10 rings (SSSR count). The molecule has 0 radical (unpaired) electrons. The zero-order chi connectivity index (χ0) is 37.3. The normalized spacial score (nSPS) is 11.2. The van der Waals surface area contributed by atoms with Crippen LogP contribution in [0.1, 0.15) is 0 Å². The molecule has 0 unspecified atom stereocenters. The summed E-state index contributed by atoms with van der Waals surface area (Å²) in [7, 11) is 0. The minimum absolute atomic E-state index is 0.892. The van der Waals surface area contributed by atoms with Crippen LogP contribution in [-0.2, 0) is 0 Å². The molecule has 3 heterocycles.